The second-order valence-electron chi connectivity index (χ2n) is 9.46. The second-order valence-corrected chi connectivity index (χ2v) is 11.2. The molecular formula is C26H33FN2O5S. The van der Waals surface area contributed by atoms with Gasteiger partial charge in [0.2, 0.25) is 15.9 Å². The van der Waals surface area contributed by atoms with E-state index in [2.05, 4.69) is 29.0 Å². The minimum absolute atomic E-state index is 0.0372. The van der Waals surface area contributed by atoms with Gasteiger partial charge in [0.1, 0.15) is 5.82 Å². The summed E-state index contributed by atoms with van der Waals surface area (Å²) in [6, 6.07) is 14.3. The molecule has 2 N–H and O–H groups in total. The van der Waals surface area contributed by atoms with Crippen LogP contribution in [0.1, 0.15) is 37.7 Å². The van der Waals surface area contributed by atoms with Crippen LogP contribution < -0.4 is 4.72 Å². The third-order valence-corrected chi connectivity index (χ3v) is 8.47. The lowest BCUT2D eigenvalue weighted by molar-refractivity contribution is -0.141. The number of likely N-dealkylation sites (tertiary alicyclic amines) is 1. The van der Waals surface area contributed by atoms with E-state index in [0.717, 1.165) is 44.5 Å². The average molecular weight is 505 g/mol. The first kappa shape index (κ1) is 25.8. The summed E-state index contributed by atoms with van der Waals surface area (Å²) < 4.78 is 46.9. The molecule has 3 atom stereocenters. The van der Waals surface area contributed by atoms with Gasteiger partial charge in [-0.05, 0) is 67.9 Å². The van der Waals surface area contributed by atoms with Crippen LogP contribution in [0.15, 0.2) is 59.5 Å². The number of hydrogen-bond donors (Lipinski definition) is 2. The fourth-order valence-electron chi connectivity index (χ4n) is 4.96. The van der Waals surface area contributed by atoms with Crippen LogP contribution in [0, 0.1) is 11.7 Å². The van der Waals surface area contributed by atoms with E-state index < -0.39 is 28.0 Å². The Balaban J connectivity index is 1.25. The van der Waals surface area contributed by atoms with Crippen molar-refractivity contribution in [1.29, 1.82) is 0 Å². The highest BCUT2D eigenvalue weighted by atomic mass is 32.2. The van der Waals surface area contributed by atoms with Crippen LogP contribution in [0.3, 0.4) is 0 Å². The van der Waals surface area contributed by atoms with Crippen molar-refractivity contribution in [2.75, 3.05) is 19.7 Å². The minimum Gasteiger partial charge on any atom is -0.394 e. The van der Waals surface area contributed by atoms with Crippen molar-refractivity contribution in [1.82, 2.24) is 9.62 Å². The first-order chi connectivity index (χ1) is 16.8. The van der Waals surface area contributed by atoms with E-state index in [-0.39, 0.29) is 29.9 Å². The van der Waals surface area contributed by atoms with Gasteiger partial charge in [0.25, 0.3) is 0 Å². The molecule has 0 bridgehead atoms. The molecule has 7 nitrogen and oxygen atoms in total. The molecule has 0 spiro atoms. The number of halogens is 1. The zero-order chi connectivity index (χ0) is 24.8. The maximum absolute atomic E-state index is 13.1. The summed E-state index contributed by atoms with van der Waals surface area (Å²) in [6.07, 6.45) is 3.00. The molecule has 0 aliphatic carbocycles. The molecule has 2 aromatic rings. The van der Waals surface area contributed by atoms with Crippen molar-refractivity contribution >= 4 is 15.9 Å². The minimum atomic E-state index is -3.89. The van der Waals surface area contributed by atoms with Crippen molar-refractivity contribution < 1.29 is 27.4 Å². The van der Waals surface area contributed by atoms with E-state index in [4.69, 9.17) is 4.74 Å². The molecule has 0 unspecified atom stereocenters. The smallest absolute Gasteiger partial charge is 0.240 e. The van der Waals surface area contributed by atoms with Crippen LogP contribution in [-0.4, -0.2) is 62.3 Å². The number of nitrogens with zero attached hydrogens (tertiary/aromatic N) is 1. The van der Waals surface area contributed by atoms with E-state index in [1.165, 1.54) is 17.7 Å². The zero-order valence-electron chi connectivity index (χ0n) is 19.7. The number of piperidine rings is 1. The standard InChI is InChI=1S/C26H33FN2O5S/c27-21-6-9-23(10-7-21)35(32,33)28-24-11-8-22(34-25(24)18-30)17-26(31)29-14-12-20(13-15-29)16-19-4-2-1-3-5-19/h1-7,9-10,20,22,24-25,28,30H,8,11-18H2/t22-,24-,25-/m1/s1. The van der Waals surface area contributed by atoms with Crippen LogP contribution in [0.25, 0.3) is 0 Å². The van der Waals surface area contributed by atoms with Gasteiger partial charge in [0, 0.05) is 13.1 Å². The molecule has 9 heteroatoms. The molecule has 2 saturated heterocycles. The molecule has 2 aliphatic rings. The third kappa shape index (κ3) is 6.88. The molecule has 4 rings (SSSR count). The maximum atomic E-state index is 13.1. The van der Waals surface area contributed by atoms with Gasteiger partial charge in [-0.1, -0.05) is 30.3 Å². The van der Waals surface area contributed by atoms with Gasteiger partial charge in [-0.2, -0.15) is 0 Å². The lowest BCUT2D eigenvalue weighted by Gasteiger charge is -2.37. The Bertz CT molecular complexity index is 1070. The number of benzene rings is 2. The number of nitrogens with one attached hydrogen (secondary N) is 1. The fraction of sp³-hybridized carbons (Fsp3) is 0.500. The third-order valence-electron chi connectivity index (χ3n) is 6.96. The van der Waals surface area contributed by atoms with Gasteiger partial charge in [0.15, 0.2) is 0 Å². The van der Waals surface area contributed by atoms with E-state index in [9.17, 15) is 22.7 Å². The summed E-state index contributed by atoms with van der Waals surface area (Å²) in [5.74, 6) is 0.0855. The van der Waals surface area contributed by atoms with Crippen LogP contribution in [0.4, 0.5) is 4.39 Å². The van der Waals surface area contributed by atoms with Crippen molar-refractivity contribution in [3.8, 4) is 0 Å². The van der Waals surface area contributed by atoms with Crippen molar-refractivity contribution in [2.24, 2.45) is 5.92 Å². The summed E-state index contributed by atoms with van der Waals surface area (Å²) in [6.45, 7) is 1.09. The molecule has 35 heavy (non-hydrogen) atoms. The topological polar surface area (TPSA) is 95.9 Å². The zero-order valence-corrected chi connectivity index (χ0v) is 20.5. The van der Waals surface area contributed by atoms with Crippen molar-refractivity contribution in [3.63, 3.8) is 0 Å². The number of hydrogen-bond acceptors (Lipinski definition) is 5. The van der Waals surface area contributed by atoms with Gasteiger partial charge < -0.3 is 14.7 Å². The first-order valence-corrected chi connectivity index (χ1v) is 13.7. The highest BCUT2D eigenvalue weighted by molar-refractivity contribution is 7.89. The lowest BCUT2D eigenvalue weighted by atomic mass is 9.90. The van der Waals surface area contributed by atoms with Crippen LogP contribution in [0.2, 0.25) is 0 Å². The normalized spacial score (nSPS) is 23.8. The Morgan fingerprint density at radius 3 is 2.37 bits per heavy atom. The number of carbonyl (C=O) groups excluding carboxylic acids is 1. The molecule has 2 aromatic carbocycles. The van der Waals surface area contributed by atoms with Crippen LogP contribution in [0.5, 0.6) is 0 Å². The average Bonchev–Trinajstić information content (AvgIpc) is 2.86. The maximum Gasteiger partial charge on any atom is 0.240 e. The molecule has 0 saturated carbocycles. The molecule has 2 fully saturated rings. The number of ether oxygens (including phenoxy) is 1. The second kappa shape index (κ2) is 11.6. The number of aliphatic hydroxyl groups excluding tert-OH is 1. The summed E-state index contributed by atoms with van der Waals surface area (Å²) in [4.78, 5) is 14.7. The van der Waals surface area contributed by atoms with E-state index in [1.54, 1.807) is 0 Å². The van der Waals surface area contributed by atoms with Gasteiger partial charge in [0.05, 0.1) is 36.2 Å². The Morgan fingerprint density at radius 2 is 1.71 bits per heavy atom. The van der Waals surface area contributed by atoms with Gasteiger partial charge in [-0.25, -0.2) is 17.5 Å². The molecule has 1 amide bonds. The molecular weight excluding hydrogens is 471 g/mol. The number of sulfonamides is 1. The quantitative estimate of drug-likeness (QED) is 0.577. The molecule has 190 valence electrons. The highest BCUT2D eigenvalue weighted by Crippen LogP contribution is 2.26. The predicted molar refractivity (Wildman–Crippen MR) is 130 cm³/mol. The molecule has 2 aliphatic heterocycles. The lowest BCUT2D eigenvalue weighted by Crippen LogP contribution is -2.51. The Hall–Kier alpha value is -2.33. The van der Waals surface area contributed by atoms with Gasteiger partial charge >= 0.3 is 0 Å². The summed E-state index contributed by atoms with van der Waals surface area (Å²) in [7, 11) is -3.89. The monoisotopic (exact) mass is 504 g/mol. The van der Waals surface area contributed by atoms with Gasteiger partial charge in [-0.3, -0.25) is 4.79 Å². The van der Waals surface area contributed by atoms with Gasteiger partial charge in [-0.15, -0.1) is 0 Å². The van der Waals surface area contributed by atoms with E-state index in [0.29, 0.717) is 18.8 Å². The fourth-order valence-corrected chi connectivity index (χ4v) is 6.25. The van der Waals surface area contributed by atoms with Crippen LogP contribution >= 0.6 is 0 Å². The first-order valence-electron chi connectivity index (χ1n) is 12.2. The van der Waals surface area contributed by atoms with Crippen molar-refractivity contribution in [3.05, 3.63) is 66.0 Å². The van der Waals surface area contributed by atoms with Crippen molar-refractivity contribution in [2.45, 2.75) is 61.7 Å². The summed E-state index contributed by atoms with van der Waals surface area (Å²) in [5.41, 5.74) is 1.33. The molecule has 0 radical (unpaired) electrons. The molecule has 2 heterocycles. The van der Waals surface area contributed by atoms with Crippen LogP contribution in [-0.2, 0) is 26.0 Å². The Labute approximate surface area is 206 Å². The predicted octanol–water partition coefficient (Wildman–Crippen LogP) is 2.88. The highest BCUT2D eigenvalue weighted by Gasteiger charge is 2.35. The molecule has 0 aromatic heterocycles. The Morgan fingerprint density at radius 1 is 1.03 bits per heavy atom. The van der Waals surface area contributed by atoms with E-state index >= 15 is 0 Å². The SMILES string of the molecule is O=C(C[C@H]1CC[C@@H](NS(=O)(=O)c2ccc(F)cc2)[C@@H](CO)O1)N1CCC(Cc2ccccc2)CC1. The number of aliphatic hydroxyl groups is 1. The summed E-state index contributed by atoms with van der Waals surface area (Å²) >= 11 is 0. The number of rotatable bonds is 8. The van der Waals surface area contributed by atoms with E-state index in [1.807, 2.05) is 11.0 Å². The largest absolute Gasteiger partial charge is 0.394 e. The summed E-state index contributed by atoms with van der Waals surface area (Å²) in [5, 5.41) is 9.81. The Kier molecular flexibility index (Phi) is 8.54. The number of carbonyl (C=O) groups is 1. The number of amides is 1.